The summed E-state index contributed by atoms with van der Waals surface area (Å²) in [5.41, 5.74) is 2.18. The Balaban J connectivity index is 2.10. The number of benzene rings is 1. The van der Waals surface area contributed by atoms with Crippen LogP contribution in [0.3, 0.4) is 0 Å². The summed E-state index contributed by atoms with van der Waals surface area (Å²) in [6, 6.07) is 23.6. The third-order valence-corrected chi connectivity index (χ3v) is 4.36. The van der Waals surface area contributed by atoms with Gasteiger partial charge in [-0.15, -0.1) is 0 Å². The van der Waals surface area contributed by atoms with Crippen LogP contribution in [0.1, 0.15) is 0 Å². The van der Waals surface area contributed by atoms with Gasteiger partial charge in [-0.1, -0.05) is 54.6 Å². The van der Waals surface area contributed by atoms with Crippen LogP contribution in [-0.4, -0.2) is 4.21 Å². The van der Waals surface area contributed by atoms with Gasteiger partial charge in [0.2, 0.25) is 0 Å². The van der Waals surface area contributed by atoms with Crippen LogP contribution >= 0.6 is 0 Å². The van der Waals surface area contributed by atoms with Crippen molar-refractivity contribution in [3.63, 3.8) is 0 Å². The number of fused-ring (bicyclic) bond motifs is 1. The third-order valence-electron chi connectivity index (χ3n) is 2.91. The van der Waals surface area contributed by atoms with E-state index in [-0.39, 0.29) is 0 Å². The molecule has 0 spiro atoms. The Morgan fingerprint density at radius 2 is 1.33 bits per heavy atom. The summed E-state index contributed by atoms with van der Waals surface area (Å²) in [5.74, 6) is 0. The number of hydrogen-bond acceptors (Lipinski definition) is 1. The van der Waals surface area contributed by atoms with Crippen LogP contribution in [0, 0.1) is 0 Å². The molecule has 0 aromatic heterocycles. The molecule has 2 aliphatic carbocycles. The van der Waals surface area contributed by atoms with Crippen molar-refractivity contribution in [2.24, 2.45) is 0 Å². The monoisotopic (exact) mass is 252 g/mol. The second-order valence-corrected chi connectivity index (χ2v) is 5.51. The van der Waals surface area contributed by atoms with E-state index in [0.29, 0.717) is 0 Å². The summed E-state index contributed by atoms with van der Waals surface area (Å²) in [5, 5.41) is 0. The Hall–Kier alpha value is -1.93. The van der Waals surface area contributed by atoms with Gasteiger partial charge >= 0.3 is 0 Å². The predicted octanol–water partition coefficient (Wildman–Crippen LogP) is 3.96. The van der Waals surface area contributed by atoms with Crippen molar-refractivity contribution in [2.75, 3.05) is 0 Å². The van der Waals surface area contributed by atoms with Crippen LogP contribution in [0.5, 0.6) is 0 Å². The lowest BCUT2D eigenvalue weighted by Gasteiger charge is -2.02. The normalized spacial score (nSPS) is 12.4. The largest absolute Gasteiger partial charge is 0.249 e. The molecule has 0 saturated carbocycles. The highest BCUT2D eigenvalue weighted by molar-refractivity contribution is 7.85. The maximum absolute atomic E-state index is 12.5. The molecule has 0 fully saturated rings. The average Bonchev–Trinajstić information content (AvgIpc) is 2.68. The minimum absolute atomic E-state index is 0.844. The second kappa shape index (κ2) is 4.75. The first-order valence-electron chi connectivity index (χ1n) is 5.81. The van der Waals surface area contributed by atoms with Gasteiger partial charge in [-0.05, 0) is 29.3 Å². The van der Waals surface area contributed by atoms with Crippen molar-refractivity contribution in [1.82, 2.24) is 0 Å². The maximum Gasteiger partial charge on any atom is 0.0855 e. The van der Waals surface area contributed by atoms with Crippen molar-refractivity contribution >= 4 is 10.8 Å². The molecule has 0 saturated heterocycles. The number of rotatable bonds is 2. The zero-order valence-corrected chi connectivity index (χ0v) is 10.6. The Bertz CT molecular complexity index is 661. The fourth-order valence-corrected chi connectivity index (χ4v) is 3.25. The SMILES string of the molecule is O=S(c1ccccc1)c1ccc2cccccc1-2. The lowest BCUT2D eigenvalue weighted by atomic mass is 10.2. The molecule has 1 atom stereocenters. The van der Waals surface area contributed by atoms with Crippen molar-refractivity contribution in [1.29, 1.82) is 0 Å². The van der Waals surface area contributed by atoms with Crippen LogP contribution in [0.25, 0.3) is 11.1 Å². The van der Waals surface area contributed by atoms with Crippen molar-refractivity contribution in [3.05, 3.63) is 72.8 Å². The molecule has 0 bridgehead atoms. The van der Waals surface area contributed by atoms with E-state index in [1.807, 2.05) is 72.8 Å². The predicted molar refractivity (Wildman–Crippen MR) is 74.2 cm³/mol. The van der Waals surface area contributed by atoms with Gasteiger partial charge < -0.3 is 0 Å². The highest BCUT2D eigenvalue weighted by atomic mass is 32.2. The molecule has 0 amide bonds. The lowest BCUT2D eigenvalue weighted by molar-refractivity contribution is 0.683. The molecule has 1 aromatic rings. The fourth-order valence-electron chi connectivity index (χ4n) is 2.02. The molecule has 1 aromatic carbocycles. The van der Waals surface area contributed by atoms with Crippen molar-refractivity contribution < 1.29 is 4.21 Å². The van der Waals surface area contributed by atoms with Gasteiger partial charge in [0.05, 0.1) is 15.7 Å². The minimum atomic E-state index is -1.11. The van der Waals surface area contributed by atoms with E-state index < -0.39 is 10.8 Å². The molecular formula is C16H12OS. The molecule has 2 aliphatic rings. The first-order chi connectivity index (χ1) is 8.86. The first kappa shape index (κ1) is 11.2. The lowest BCUT2D eigenvalue weighted by Crippen LogP contribution is -1.91. The highest BCUT2D eigenvalue weighted by Gasteiger charge is 2.14. The van der Waals surface area contributed by atoms with Crippen LogP contribution in [0.2, 0.25) is 0 Å². The van der Waals surface area contributed by atoms with Crippen molar-refractivity contribution in [3.8, 4) is 11.1 Å². The van der Waals surface area contributed by atoms with E-state index in [4.69, 9.17) is 0 Å². The summed E-state index contributed by atoms with van der Waals surface area (Å²) < 4.78 is 12.5. The highest BCUT2D eigenvalue weighted by Crippen LogP contribution is 2.31. The minimum Gasteiger partial charge on any atom is -0.249 e. The third kappa shape index (κ3) is 1.95. The summed E-state index contributed by atoms with van der Waals surface area (Å²) in [6.45, 7) is 0. The zero-order valence-electron chi connectivity index (χ0n) is 9.74. The van der Waals surface area contributed by atoms with Gasteiger partial charge in [0, 0.05) is 4.90 Å². The Kier molecular flexibility index (Phi) is 2.95. The standard InChI is InChI=1S/C16H12OS/c17-18(14-8-4-2-5-9-14)16-12-11-13-7-3-1-6-10-15(13)16/h1-12H. The van der Waals surface area contributed by atoms with Gasteiger partial charge in [0.15, 0.2) is 0 Å². The summed E-state index contributed by atoms with van der Waals surface area (Å²) in [4.78, 5) is 1.73. The Labute approximate surface area is 109 Å². The molecule has 0 heterocycles. The average molecular weight is 252 g/mol. The van der Waals surface area contributed by atoms with E-state index in [1.165, 1.54) is 0 Å². The van der Waals surface area contributed by atoms with Crippen LogP contribution in [0.15, 0.2) is 82.6 Å². The molecular weight excluding hydrogens is 240 g/mol. The van der Waals surface area contributed by atoms with Crippen LogP contribution in [0.4, 0.5) is 0 Å². The van der Waals surface area contributed by atoms with Gasteiger partial charge in [-0.2, -0.15) is 0 Å². The van der Waals surface area contributed by atoms with E-state index in [0.717, 1.165) is 20.9 Å². The van der Waals surface area contributed by atoms with Crippen LogP contribution in [-0.2, 0) is 10.8 Å². The Morgan fingerprint density at radius 1 is 0.667 bits per heavy atom. The van der Waals surface area contributed by atoms with Gasteiger partial charge in [-0.3, -0.25) is 0 Å². The van der Waals surface area contributed by atoms with E-state index in [9.17, 15) is 4.21 Å². The summed E-state index contributed by atoms with van der Waals surface area (Å²) >= 11 is 0. The Morgan fingerprint density at radius 3 is 2.11 bits per heavy atom. The van der Waals surface area contributed by atoms with Gasteiger partial charge in [-0.25, -0.2) is 4.21 Å². The topological polar surface area (TPSA) is 17.1 Å². The molecule has 2 heteroatoms. The summed E-state index contributed by atoms with van der Waals surface area (Å²) in [6.07, 6.45) is 0. The molecule has 3 rings (SSSR count). The van der Waals surface area contributed by atoms with Crippen molar-refractivity contribution in [2.45, 2.75) is 9.79 Å². The van der Waals surface area contributed by atoms with Gasteiger partial charge in [0.25, 0.3) is 0 Å². The van der Waals surface area contributed by atoms with Crippen LogP contribution < -0.4 is 0 Å². The maximum atomic E-state index is 12.5. The molecule has 0 radical (unpaired) electrons. The molecule has 18 heavy (non-hydrogen) atoms. The first-order valence-corrected chi connectivity index (χ1v) is 6.96. The summed E-state index contributed by atoms with van der Waals surface area (Å²) in [7, 11) is -1.11. The second-order valence-electron chi connectivity index (χ2n) is 4.06. The van der Waals surface area contributed by atoms with Gasteiger partial charge in [0.1, 0.15) is 0 Å². The molecule has 0 N–H and O–H groups in total. The van der Waals surface area contributed by atoms with E-state index in [1.54, 1.807) is 0 Å². The zero-order chi connectivity index (χ0) is 12.4. The molecule has 1 nitrogen and oxygen atoms in total. The molecule has 88 valence electrons. The smallest absolute Gasteiger partial charge is 0.0855 e. The fraction of sp³-hybridized carbons (Fsp3) is 0. The molecule has 0 aliphatic heterocycles. The molecule has 1 unspecified atom stereocenters. The quantitative estimate of drug-likeness (QED) is 0.674. The van der Waals surface area contributed by atoms with E-state index >= 15 is 0 Å². The van der Waals surface area contributed by atoms with E-state index in [2.05, 4.69) is 0 Å². The number of hydrogen-bond donors (Lipinski definition) is 0.